The van der Waals surface area contributed by atoms with Crippen molar-refractivity contribution in [2.45, 2.75) is 67.1 Å². The fourth-order valence-corrected chi connectivity index (χ4v) is 2.74. The van der Waals surface area contributed by atoms with Crippen molar-refractivity contribution >= 4 is 5.97 Å². The summed E-state index contributed by atoms with van der Waals surface area (Å²) in [6, 6.07) is 14.0. The van der Waals surface area contributed by atoms with Gasteiger partial charge in [0.1, 0.15) is 5.75 Å². The smallest absolute Gasteiger partial charge is 0.303 e. The summed E-state index contributed by atoms with van der Waals surface area (Å²) in [5.41, 5.74) is 3.99. The molecular formula is C26H36N2O5. The van der Waals surface area contributed by atoms with Crippen LogP contribution in [0.2, 0.25) is 0 Å². The van der Waals surface area contributed by atoms with Crippen LogP contribution in [0.3, 0.4) is 0 Å². The summed E-state index contributed by atoms with van der Waals surface area (Å²) >= 11 is 0. The molecule has 2 aromatic carbocycles. The van der Waals surface area contributed by atoms with Crippen LogP contribution in [-0.4, -0.2) is 34.4 Å². The van der Waals surface area contributed by atoms with Crippen LogP contribution in [0.4, 0.5) is 0 Å². The molecule has 0 aliphatic heterocycles. The zero-order valence-corrected chi connectivity index (χ0v) is 20.7. The molecule has 3 rings (SSSR count). The molecular weight excluding hydrogens is 420 g/mol. The van der Waals surface area contributed by atoms with E-state index in [1.807, 2.05) is 58.0 Å². The lowest BCUT2D eigenvalue weighted by atomic mass is 10.1. The van der Waals surface area contributed by atoms with Crippen molar-refractivity contribution in [1.29, 1.82) is 0 Å². The minimum atomic E-state index is -0.745. The molecule has 0 bridgehead atoms. The first-order chi connectivity index (χ1) is 15.9. The second-order valence-electron chi connectivity index (χ2n) is 7.15. The maximum absolute atomic E-state index is 9.37. The Hall–Kier alpha value is -3.19. The van der Waals surface area contributed by atoms with E-state index in [-0.39, 0.29) is 12.5 Å². The number of hydrogen-bond acceptors (Lipinski definition) is 6. The maximum Gasteiger partial charge on any atom is 0.303 e. The normalized spacial score (nSPS) is 10.1. The standard InChI is InChI=1S/C21H24N2O3.C3H6O2.C2H6/c1-5-15-7-6-8-16(11-15)20-22-21(26-23-20)17-9-10-19(25-14(2)3)18(12-17)13-24-4;1-2-3(4)5;1-2/h6-12,14H,5,13H2,1-4H3;2H2,1H3,(H,4,5);1-2H3. The summed E-state index contributed by atoms with van der Waals surface area (Å²) in [6.07, 6.45) is 1.29. The van der Waals surface area contributed by atoms with E-state index in [2.05, 4.69) is 29.2 Å². The van der Waals surface area contributed by atoms with Gasteiger partial charge in [0, 0.05) is 30.2 Å². The lowest BCUT2D eigenvalue weighted by molar-refractivity contribution is -0.136. The fraction of sp³-hybridized carbons (Fsp3) is 0.423. The van der Waals surface area contributed by atoms with E-state index in [4.69, 9.17) is 19.1 Å². The number of aromatic nitrogens is 2. The number of carboxylic acids is 1. The lowest BCUT2D eigenvalue weighted by Crippen LogP contribution is -2.08. The second-order valence-corrected chi connectivity index (χ2v) is 7.15. The third-order valence-corrected chi connectivity index (χ3v) is 4.29. The minimum Gasteiger partial charge on any atom is -0.491 e. The van der Waals surface area contributed by atoms with Gasteiger partial charge in [0.05, 0.1) is 12.7 Å². The van der Waals surface area contributed by atoms with Crippen LogP contribution >= 0.6 is 0 Å². The molecule has 0 atom stereocenters. The minimum absolute atomic E-state index is 0.0947. The molecule has 33 heavy (non-hydrogen) atoms. The molecule has 0 unspecified atom stereocenters. The van der Waals surface area contributed by atoms with Gasteiger partial charge in [-0.1, -0.05) is 51.1 Å². The number of aliphatic carboxylic acids is 1. The fourth-order valence-electron chi connectivity index (χ4n) is 2.74. The van der Waals surface area contributed by atoms with E-state index in [1.165, 1.54) is 5.56 Å². The second kappa shape index (κ2) is 14.8. The Morgan fingerprint density at radius 2 is 1.79 bits per heavy atom. The van der Waals surface area contributed by atoms with Gasteiger partial charge in [-0.3, -0.25) is 4.79 Å². The third kappa shape index (κ3) is 9.06. The highest BCUT2D eigenvalue weighted by molar-refractivity contribution is 5.66. The van der Waals surface area contributed by atoms with Crippen molar-refractivity contribution < 1.29 is 23.9 Å². The molecule has 180 valence electrons. The SMILES string of the molecule is CC.CCC(=O)O.CCc1cccc(-c2noc(-c3ccc(OC(C)C)c(COC)c3)n2)c1. The monoisotopic (exact) mass is 456 g/mol. The number of carboxylic acid groups (broad SMARTS) is 1. The molecule has 0 radical (unpaired) electrons. The van der Waals surface area contributed by atoms with Crippen LogP contribution < -0.4 is 4.74 Å². The van der Waals surface area contributed by atoms with Gasteiger partial charge in [0.2, 0.25) is 5.82 Å². The average Bonchev–Trinajstić information content (AvgIpc) is 3.32. The van der Waals surface area contributed by atoms with Gasteiger partial charge in [-0.15, -0.1) is 0 Å². The van der Waals surface area contributed by atoms with Gasteiger partial charge in [0.15, 0.2) is 0 Å². The Balaban J connectivity index is 0.000000689. The van der Waals surface area contributed by atoms with E-state index in [9.17, 15) is 4.79 Å². The van der Waals surface area contributed by atoms with Gasteiger partial charge < -0.3 is 19.1 Å². The van der Waals surface area contributed by atoms with Gasteiger partial charge in [-0.05, 0) is 50.1 Å². The van der Waals surface area contributed by atoms with Crippen molar-refractivity contribution in [2.75, 3.05) is 7.11 Å². The Morgan fingerprint density at radius 3 is 2.36 bits per heavy atom. The van der Waals surface area contributed by atoms with Crippen molar-refractivity contribution in [3.8, 4) is 28.6 Å². The summed E-state index contributed by atoms with van der Waals surface area (Å²) in [7, 11) is 1.66. The number of hydrogen-bond donors (Lipinski definition) is 1. The first-order valence-electron chi connectivity index (χ1n) is 11.3. The summed E-state index contributed by atoms with van der Waals surface area (Å²) in [5, 5.41) is 11.9. The van der Waals surface area contributed by atoms with E-state index >= 15 is 0 Å². The van der Waals surface area contributed by atoms with Gasteiger partial charge >= 0.3 is 5.97 Å². The Morgan fingerprint density at radius 1 is 1.09 bits per heavy atom. The molecule has 0 saturated heterocycles. The number of benzene rings is 2. The molecule has 0 fully saturated rings. The van der Waals surface area contributed by atoms with Gasteiger partial charge in [-0.2, -0.15) is 4.98 Å². The topological polar surface area (TPSA) is 94.7 Å². The number of ether oxygens (including phenoxy) is 2. The summed E-state index contributed by atoms with van der Waals surface area (Å²) in [5.74, 6) is 1.13. The van der Waals surface area contributed by atoms with Crippen molar-refractivity contribution in [1.82, 2.24) is 10.1 Å². The molecule has 1 aromatic heterocycles. The summed E-state index contributed by atoms with van der Waals surface area (Å²) in [4.78, 5) is 13.9. The molecule has 0 aliphatic carbocycles. The van der Waals surface area contributed by atoms with E-state index in [1.54, 1.807) is 14.0 Å². The first kappa shape index (κ1) is 27.8. The molecule has 0 aliphatic rings. The Labute approximate surface area is 196 Å². The van der Waals surface area contributed by atoms with Crippen molar-refractivity contribution in [3.05, 3.63) is 53.6 Å². The predicted octanol–water partition coefficient (Wildman–Crippen LogP) is 6.41. The summed E-state index contributed by atoms with van der Waals surface area (Å²) in [6.45, 7) is 12.2. The number of aryl methyl sites for hydroxylation is 1. The number of carbonyl (C=O) groups is 1. The van der Waals surface area contributed by atoms with Crippen LogP contribution in [0.5, 0.6) is 5.75 Å². The van der Waals surface area contributed by atoms with Crippen LogP contribution in [0.15, 0.2) is 47.0 Å². The third-order valence-electron chi connectivity index (χ3n) is 4.29. The highest BCUT2D eigenvalue weighted by Crippen LogP contribution is 2.29. The average molecular weight is 457 g/mol. The zero-order chi connectivity index (χ0) is 24.8. The largest absolute Gasteiger partial charge is 0.491 e. The predicted molar refractivity (Wildman–Crippen MR) is 130 cm³/mol. The molecule has 7 heteroatoms. The number of rotatable bonds is 8. The first-order valence-corrected chi connectivity index (χ1v) is 11.3. The number of nitrogens with zero attached hydrogens (tertiary/aromatic N) is 2. The van der Waals surface area contributed by atoms with Gasteiger partial charge in [-0.25, -0.2) is 0 Å². The Bertz CT molecular complexity index is 982. The van der Waals surface area contributed by atoms with Crippen molar-refractivity contribution in [3.63, 3.8) is 0 Å². The van der Waals surface area contributed by atoms with Gasteiger partial charge in [0.25, 0.3) is 5.89 Å². The molecule has 0 saturated carbocycles. The molecule has 0 amide bonds. The highest BCUT2D eigenvalue weighted by atomic mass is 16.5. The zero-order valence-electron chi connectivity index (χ0n) is 20.7. The lowest BCUT2D eigenvalue weighted by Gasteiger charge is -2.14. The van der Waals surface area contributed by atoms with E-state index in [0.29, 0.717) is 18.3 Å². The summed E-state index contributed by atoms with van der Waals surface area (Å²) < 4.78 is 16.6. The maximum atomic E-state index is 9.37. The highest BCUT2D eigenvalue weighted by Gasteiger charge is 2.14. The molecule has 7 nitrogen and oxygen atoms in total. The quantitative estimate of drug-likeness (QED) is 0.418. The number of methoxy groups -OCH3 is 1. The van der Waals surface area contributed by atoms with Crippen LogP contribution in [0.25, 0.3) is 22.8 Å². The van der Waals surface area contributed by atoms with Crippen molar-refractivity contribution in [2.24, 2.45) is 0 Å². The molecule has 3 aromatic rings. The van der Waals surface area contributed by atoms with Crippen LogP contribution in [0.1, 0.15) is 59.1 Å². The molecule has 0 spiro atoms. The Kier molecular flexibility index (Phi) is 12.5. The van der Waals surface area contributed by atoms with E-state index < -0.39 is 5.97 Å². The molecule has 1 heterocycles. The van der Waals surface area contributed by atoms with Crippen LogP contribution in [0, 0.1) is 0 Å². The molecule has 1 N–H and O–H groups in total. The van der Waals surface area contributed by atoms with Crippen LogP contribution in [-0.2, 0) is 22.6 Å². The van der Waals surface area contributed by atoms with E-state index in [0.717, 1.165) is 28.9 Å².